The van der Waals surface area contributed by atoms with Gasteiger partial charge in [-0.15, -0.1) is 11.8 Å². The average molecular weight is 370 g/mol. The lowest BCUT2D eigenvalue weighted by Crippen LogP contribution is -2.42. The predicted octanol–water partition coefficient (Wildman–Crippen LogP) is 3.09. The molecule has 0 saturated heterocycles. The Labute approximate surface area is 157 Å². The highest BCUT2D eigenvalue weighted by atomic mass is 32.2. The van der Waals surface area contributed by atoms with Crippen LogP contribution in [0.15, 0.2) is 54.6 Å². The number of amides is 1. The van der Waals surface area contributed by atoms with Crippen LogP contribution in [0.25, 0.3) is 0 Å². The van der Waals surface area contributed by atoms with Crippen LogP contribution in [0.5, 0.6) is 0 Å². The number of thioether (sulfide) groups is 1. The van der Waals surface area contributed by atoms with Crippen LogP contribution in [-0.4, -0.2) is 35.3 Å². The third-order valence-electron chi connectivity index (χ3n) is 4.44. The Kier molecular flexibility index (Phi) is 6.17. The summed E-state index contributed by atoms with van der Waals surface area (Å²) >= 11 is 1.48. The van der Waals surface area contributed by atoms with E-state index < -0.39 is 12.0 Å². The molecular weight excluding hydrogens is 348 g/mol. The largest absolute Gasteiger partial charge is 0.480 e. The first-order valence-corrected chi connectivity index (χ1v) is 9.75. The van der Waals surface area contributed by atoms with E-state index >= 15 is 0 Å². The predicted molar refractivity (Wildman–Crippen MR) is 104 cm³/mol. The number of carboxylic acids is 1. The summed E-state index contributed by atoms with van der Waals surface area (Å²) in [5.41, 5.74) is 3.31. The molecule has 0 fully saturated rings. The highest BCUT2D eigenvalue weighted by Gasteiger charge is 2.29. The van der Waals surface area contributed by atoms with E-state index in [2.05, 4.69) is 10.6 Å². The maximum atomic E-state index is 12.2. The number of para-hydroxylation sites is 1. The molecule has 0 aliphatic carbocycles. The highest BCUT2D eigenvalue weighted by Crippen LogP contribution is 2.34. The molecule has 3 N–H and O–H groups in total. The fourth-order valence-electron chi connectivity index (χ4n) is 3.15. The van der Waals surface area contributed by atoms with Crippen LogP contribution in [0.2, 0.25) is 0 Å². The lowest BCUT2D eigenvalue weighted by molar-refractivity contribution is -0.141. The van der Waals surface area contributed by atoms with Gasteiger partial charge in [0.1, 0.15) is 6.04 Å². The second kappa shape index (κ2) is 8.76. The zero-order valence-corrected chi connectivity index (χ0v) is 15.2. The topological polar surface area (TPSA) is 78.4 Å². The molecule has 5 nitrogen and oxygen atoms in total. The van der Waals surface area contributed by atoms with E-state index in [0.29, 0.717) is 13.0 Å². The fourth-order valence-corrected chi connectivity index (χ4v) is 3.94. The highest BCUT2D eigenvalue weighted by molar-refractivity contribution is 7.99. The van der Waals surface area contributed by atoms with Crippen LogP contribution >= 0.6 is 11.8 Å². The average Bonchev–Trinajstić information content (AvgIpc) is 3.05. The van der Waals surface area contributed by atoms with Gasteiger partial charge in [0.25, 0.3) is 0 Å². The van der Waals surface area contributed by atoms with Crippen molar-refractivity contribution in [3.8, 4) is 0 Å². The molecule has 2 atom stereocenters. The molecule has 2 aromatic rings. The number of nitrogens with one attached hydrogen (secondary N) is 2. The van der Waals surface area contributed by atoms with Gasteiger partial charge in [0.05, 0.1) is 5.75 Å². The Morgan fingerprint density at radius 3 is 2.65 bits per heavy atom. The number of benzene rings is 2. The van der Waals surface area contributed by atoms with Crippen molar-refractivity contribution >= 4 is 29.3 Å². The third-order valence-corrected chi connectivity index (χ3v) is 5.44. The minimum Gasteiger partial charge on any atom is -0.480 e. The van der Waals surface area contributed by atoms with E-state index in [4.69, 9.17) is 0 Å². The van der Waals surface area contributed by atoms with E-state index in [1.165, 1.54) is 11.8 Å². The Morgan fingerprint density at radius 1 is 1.15 bits per heavy atom. The SMILES string of the molecule is O=C(CSCc1ccccc1)NC(CC1CNc2ccccc21)C(=O)O. The molecule has 0 aromatic heterocycles. The van der Waals surface area contributed by atoms with E-state index in [1.807, 2.05) is 54.6 Å². The van der Waals surface area contributed by atoms with Crippen LogP contribution in [0.4, 0.5) is 5.69 Å². The van der Waals surface area contributed by atoms with Gasteiger partial charge in [-0.2, -0.15) is 0 Å². The van der Waals surface area contributed by atoms with Gasteiger partial charge in [-0.25, -0.2) is 4.79 Å². The summed E-state index contributed by atoms with van der Waals surface area (Å²) in [4.78, 5) is 23.7. The number of carbonyl (C=O) groups excluding carboxylic acids is 1. The molecule has 1 heterocycles. The molecule has 0 spiro atoms. The maximum absolute atomic E-state index is 12.2. The normalized spacial score (nSPS) is 16.4. The monoisotopic (exact) mass is 370 g/mol. The molecule has 136 valence electrons. The van der Waals surface area contributed by atoms with E-state index in [1.54, 1.807) is 0 Å². The van der Waals surface area contributed by atoms with Crippen molar-refractivity contribution in [3.05, 3.63) is 65.7 Å². The Bertz CT molecular complexity index is 767. The fraction of sp³-hybridized carbons (Fsp3) is 0.300. The lowest BCUT2D eigenvalue weighted by Gasteiger charge is -2.18. The first-order valence-electron chi connectivity index (χ1n) is 8.60. The van der Waals surface area contributed by atoms with Gasteiger partial charge < -0.3 is 15.7 Å². The third kappa shape index (κ3) is 4.79. The Balaban J connectivity index is 1.50. The molecule has 0 radical (unpaired) electrons. The number of aliphatic carboxylic acids is 1. The van der Waals surface area contributed by atoms with Gasteiger partial charge in [0.2, 0.25) is 5.91 Å². The van der Waals surface area contributed by atoms with Crippen LogP contribution in [-0.2, 0) is 15.3 Å². The molecule has 26 heavy (non-hydrogen) atoms. The first kappa shape index (κ1) is 18.3. The van der Waals surface area contributed by atoms with E-state index in [-0.39, 0.29) is 17.6 Å². The maximum Gasteiger partial charge on any atom is 0.326 e. The van der Waals surface area contributed by atoms with Crippen LogP contribution in [0.1, 0.15) is 23.5 Å². The number of fused-ring (bicyclic) bond motifs is 1. The molecule has 3 rings (SSSR count). The zero-order chi connectivity index (χ0) is 18.4. The van der Waals surface area contributed by atoms with Crippen molar-refractivity contribution in [2.75, 3.05) is 17.6 Å². The van der Waals surface area contributed by atoms with Gasteiger partial charge in [-0.1, -0.05) is 48.5 Å². The Hall–Kier alpha value is -2.47. The summed E-state index contributed by atoms with van der Waals surface area (Å²) in [7, 11) is 0. The van der Waals surface area contributed by atoms with Gasteiger partial charge in [0.15, 0.2) is 0 Å². The molecular formula is C20H22N2O3S. The molecule has 0 bridgehead atoms. The molecule has 6 heteroatoms. The van der Waals surface area contributed by atoms with Gasteiger partial charge >= 0.3 is 5.97 Å². The van der Waals surface area contributed by atoms with Crippen molar-refractivity contribution in [1.29, 1.82) is 0 Å². The second-order valence-corrected chi connectivity index (χ2v) is 7.32. The molecule has 1 aliphatic heterocycles. The number of hydrogen-bond acceptors (Lipinski definition) is 4. The van der Waals surface area contributed by atoms with Crippen LogP contribution in [0.3, 0.4) is 0 Å². The number of carboxylic acid groups (broad SMARTS) is 1. The second-order valence-electron chi connectivity index (χ2n) is 6.34. The number of rotatable bonds is 8. The summed E-state index contributed by atoms with van der Waals surface area (Å²) in [6.45, 7) is 0.696. The van der Waals surface area contributed by atoms with Crippen molar-refractivity contribution < 1.29 is 14.7 Å². The Morgan fingerprint density at radius 2 is 1.88 bits per heavy atom. The number of anilines is 1. The number of hydrogen-bond donors (Lipinski definition) is 3. The van der Waals surface area contributed by atoms with Gasteiger partial charge in [-0.3, -0.25) is 4.79 Å². The lowest BCUT2D eigenvalue weighted by atomic mass is 9.94. The van der Waals surface area contributed by atoms with E-state index in [9.17, 15) is 14.7 Å². The molecule has 1 amide bonds. The van der Waals surface area contributed by atoms with Crippen molar-refractivity contribution in [1.82, 2.24) is 5.32 Å². The van der Waals surface area contributed by atoms with E-state index in [0.717, 1.165) is 22.6 Å². The van der Waals surface area contributed by atoms with Gasteiger partial charge in [0, 0.05) is 23.9 Å². The molecule has 0 saturated carbocycles. The van der Waals surface area contributed by atoms with Crippen LogP contribution < -0.4 is 10.6 Å². The standard InChI is InChI=1S/C20H22N2O3S/c23-19(13-26-12-14-6-2-1-3-7-14)22-18(20(24)25)10-15-11-21-17-9-5-4-8-16(15)17/h1-9,15,18,21H,10-13H2,(H,22,23)(H,24,25). The molecule has 2 unspecified atom stereocenters. The quantitative estimate of drug-likeness (QED) is 0.666. The first-order chi connectivity index (χ1) is 12.6. The van der Waals surface area contributed by atoms with Gasteiger partial charge in [-0.05, 0) is 23.6 Å². The summed E-state index contributed by atoms with van der Waals surface area (Å²) < 4.78 is 0. The summed E-state index contributed by atoms with van der Waals surface area (Å²) in [6.07, 6.45) is 0.383. The van der Waals surface area contributed by atoms with Crippen molar-refractivity contribution in [2.24, 2.45) is 0 Å². The summed E-state index contributed by atoms with van der Waals surface area (Å²) in [5, 5.41) is 15.5. The molecule has 2 aromatic carbocycles. The van der Waals surface area contributed by atoms with Crippen molar-refractivity contribution in [2.45, 2.75) is 24.1 Å². The summed E-state index contributed by atoms with van der Waals surface area (Å²) in [6, 6.07) is 16.9. The number of carbonyl (C=O) groups is 2. The van der Waals surface area contributed by atoms with Crippen molar-refractivity contribution in [3.63, 3.8) is 0 Å². The van der Waals surface area contributed by atoms with Crippen LogP contribution in [0, 0.1) is 0 Å². The smallest absolute Gasteiger partial charge is 0.326 e. The molecule has 1 aliphatic rings. The minimum absolute atomic E-state index is 0.0876. The summed E-state index contributed by atoms with van der Waals surface area (Å²) in [5.74, 6) is -0.165. The zero-order valence-electron chi connectivity index (χ0n) is 14.4. The minimum atomic E-state index is -0.990.